The normalized spacial score (nSPS) is 19.6. The Hall–Kier alpha value is -7.71. The molecule has 0 bridgehead atoms. The third-order valence-corrected chi connectivity index (χ3v) is 19.4. The highest BCUT2D eigenvalue weighted by atomic mass is 32.2. The number of nitrogens with zero attached hydrogens (tertiary/aromatic N) is 6. The van der Waals surface area contributed by atoms with Crippen LogP contribution in [0.4, 0.5) is 23.0 Å². The van der Waals surface area contributed by atoms with E-state index in [0.717, 1.165) is 11.1 Å². The minimum Gasteiger partial charge on any atom is -0.480 e. The number of carbonyl (C=O) groups is 2. The zero-order chi connectivity index (χ0) is 63.2. The van der Waals surface area contributed by atoms with E-state index in [9.17, 15) is 71.4 Å². The second kappa shape index (κ2) is 24.5. The number of nitrogen functional groups attached to an aromatic ring is 1. The van der Waals surface area contributed by atoms with Crippen molar-refractivity contribution in [3.8, 4) is 0 Å². The number of H-pyrrole nitrogens is 1. The van der Waals surface area contributed by atoms with E-state index in [0.29, 0.717) is 83.1 Å². The van der Waals surface area contributed by atoms with Crippen LogP contribution in [-0.2, 0) is 62.6 Å². The second-order valence-electron chi connectivity index (χ2n) is 22.9. The summed E-state index contributed by atoms with van der Waals surface area (Å²) in [6, 6.07) is 13.0. The zero-order valence-corrected chi connectivity index (χ0v) is 51.1. The number of fused-ring (bicyclic) bond motifs is 3. The monoisotopic (exact) mass is 1280 g/mol. The van der Waals surface area contributed by atoms with Gasteiger partial charge in [0.1, 0.15) is 12.6 Å². The molecule has 0 radical (unpaired) electrons. The molecule has 1 unspecified atom stereocenters. The van der Waals surface area contributed by atoms with E-state index < -0.39 is 92.3 Å². The Balaban J connectivity index is 1.08. The number of carboxylic acids is 1. The molecule has 1 amide bonds. The van der Waals surface area contributed by atoms with Crippen LogP contribution in [-0.4, -0.2) is 147 Å². The molecule has 2 atom stereocenters. The number of hydrogen-bond donors (Lipinski definition) is 9. The number of nitrogens with two attached hydrogens (primary N) is 1. The van der Waals surface area contributed by atoms with Crippen molar-refractivity contribution in [2.75, 3.05) is 47.1 Å². The number of nitrogens with one attached hydrogen (secondary N) is 3. The van der Waals surface area contributed by atoms with Crippen molar-refractivity contribution < 1.29 is 71.2 Å². The number of likely N-dealkylation sites (tertiary alicyclic amines) is 1. The van der Waals surface area contributed by atoms with Crippen LogP contribution >= 0.6 is 0 Å². The number of hydrogen-bond acceptors (Lipinski definition) is 18. The first kappa shape index (κ1) is 63.8. The summed E-state index contributed by atoms with van der Waals surface area (Å²) in [5, 5.41) is 17.5. The van der Waals surface area contributed by atoms with Crippen LogP contribution in [0.2, 0.25) is 0 Å². The van der Waals surface area contributed by atoms with Crippen molar-refractivity contribution in [2.24, 2.45) is 0 Å². The van der Waals surface area contributed by atoms with E-state index in [1.54, 1.807) is 36.4 Å². The van der Waals surface area contributed by atoms with Crippen LogP contribution in [0, 0.1) is 0 Å². The predicted molar refractivity (Wildman–Crippen MR) is 323 cm³/mol. The summed E-state index contributed by atoms with van der Waals surface area (Å²) in [7, 11) is -17.8. The van der Waals surface area contributed by atoms with Crippen LogP contribution in [0.3, 0.4) is 0 Å². The highest BCUT2D eigenvalue weighted by Gasteiger charge is 2.46. The fraction of sp³-hybridized carbons (Fsp3) is 0.386. The maximum atomic E-state index is 14.4. The zero-order valence-electron chi connectivity index (χ0n) is 47.8. The molecule has 26 nitrogen and oxygen atoms in total. The number of anilines is 3. The van der Waals surface area contributed by atoms with E-state index >= 15 is 0 Å². The first-order valence-electron chi connectivity index (χ1n) is 27.7. The summed E-state index contributed by atoms with van der Waals surface area (Å²) in [4.78, 5) is 57.4. The summed E-state index contributed by atoms with van der Waals surface area (Å²) < 4.78 is 138. The van der Waals surface area contributed by atoms with Crippen molar-refractivity contribution in [3.05, 3.63) is 146 Å². The van der Waals surface area contributed by atoms with E-state index in [-0.39, 0.29) is 77.9 Å². The molecule has 10 N–H and O–H groups in total. The van der Waals surface area contributed by atoms with Gasteiger partial charge >= 0.3 is 5.97 Å². The van der Waals surface area contributed by atoms with E-state index in [4.69, 9.17) is 5.73 Å². The average molecular weight is 1280 g/mol. The van der Waals surface area contributed by atoms with Crippen molar-refractivity contribution in [3.63, 3.8) is 0 Å². The number of aliphatic carboxylic acids is 1. The van der Waals surface area contributed by atoms with Gasteiger partial charge in [0.25, 0.3) is 51.9 Å². The fourth-order valence-corrected chi connectivity index (χ4v) is 13.9. The van der Waals surface area contributed by atoms with Crippen LogP contribution in [0.25, 0.3) is 11.2 Å². The standard InChI is InChI=1S/C57H66N10O16S4/c1-56(2)42-29-40(86(78,79)80)18-20-44(42)65(24-5-7-26-84(72,73)74)47(56)22-14-34-10-9-11-35(15-23-48-57(3,4)43-30-41(87(81,82)83)19-21-45(43)66(48)25-6-8-27-85(75,76)77)49(34)61-38-28-46(54(70)71)67(33-38)53(69)36-12-16-37(17-13-36)59-31-39-32-60-51-50(62-39)52(68)64-55(58)63-51/h12-23,29-30,32,38,46H,5-11,24-28,31,33H2,1-4H3,(H9,58,59,60,63,64,68,69,70,71,72,73,74,75,76,77,78,79,80,81,82,83)/p+1/b34-14+,47-22+/t38?,46-/m0/s1. The molecule has 1 fully saturated rings. The lowest BCUT2D eigenvalue weighted by molar-refractivity contribution is -0.438. The van der Waals surface area contributed by atoms with Gasteiger partial charge in [0.15, 0.2) is 16.9 Å². The van der Waals surface area contributed by atoms with E-state index in [1.807, 2.05) is 61.5 Å². The summed E-state index contributed by atoms with van der Waals surface area (Å²) >= 11 is 0. The molecule has 3 aromatic carbocycles. The smallest absolute Gasteiger partial charge is 0.326 e. The number of carbonyl (C=O) groups excluding carboxylic acids is 1. The molecule has 2 aromatic heterocycles. The molecule has 87 heavy (non-hydrogen) atoms. The molecule has 4 aliphatic rings. The Morgan fingerprint density at radius 1 is 0.805 bits per heavy atom. The van der Waals surface area contributed by atoms with Gasteiger partial charge in [-0.1, -0.05) is 26.0 Å². The van der Waals surface area contributed by atoms with Crippen LogP contribution in [0.15, 0.2) is 128 Å². The second-order valence-corrected chi connectivity index (χ2v) is 28.9. The highest BCUT2D eigenvalue weighted by Crippen LogP contribution is 2.49. The molecular weight excluding hydrogens is 1210 g/mol. The average Bonchev–Trinajstić information content (AvgIpc) is 1.64. The third kappa shape index (κ3) is 14.3. The fourth-order valence-electron chi connectivity index (χ4n) is 11.8. The van der Waals surface area contributed by atoms with Gasteiger partial charge in [0, 0.05) is 83.4 Å². The number of aromatic nitrogens is 4. The Morgan fingerprint density at radius 2 is 1.46 bits per heavy atom. The van der Waals surface area contributed by atoms with Gasteiger partial charge in [-0.15, -0.1) is 0 Å². The minimum atomic E-state index is -4.63. The maximum absolute atomic E-state index is 14.4. The predicted octanol–water partition coefficient (Wildman–Crippen LogP) is 5.67. The number of aromatic amines is 1. The van der Waals surface area contributed by atoms with E-state index in [2.05, 4.69) is 30.6 Å². The maximum Gasteiger partial charge on any atom is 0.326 e. The van der Waals surface area contributed by atoms with Crippen molar-refractivity contribution in [1.82, 2.24) is 30.2 Å². The SMILES string of the molecule is CC1(C)C(/C=C/C2=C(NC3C[C@@H](C(=O)O)N(C(=O)c4ccc(NCc5cnc6nc(N)[nH]c(=O)c6n5)cc4)C3)C(=C/C=C3/N(CCCCS(=O)(=O)O)c4ccc(S(=O)(=O)O)cc4C3(C)C)/CCC2)=[N+](CCCCS(=O)(=O)O)c2ccc(S(=O)(=O)O)cc21. The molecule has 0 saturated carbocycles. The molecule has 464 valence electrons. The number of allylic oxidation sites excluding steroid dienone is 7. The molecule has 3 aliphatic heterocycles. The van der Waals surface area contributed by atoms with Gasteiger partial charge < -0.3 is 31.3 Å². The quantitative estimate of drug-likeness (QED) is 0.0229. The van der Waals surface area contributed by atoms with Crippen molar-refractivity contribution in [2.45, 2.75) is 118 Å². The number of benzene rings is 3. The summed E-state index contributed by atoms with van der Waals surface area (Å²) in [5.41, 5.74) is 10.3. The lowest BCUT2D eigenvalue weighted by Crippen LogP contribution is -2.41. The third-order valence-electron chi connectivity index (χ3n) is 16.1. The van der Waals surface area contributed by atoms with E-state index in [1.165, 1.54) is 35.4 Å². The lowest BCUT2D eigenvalue weighted by Gasteiger charge is -2.28. The molecule has 30 heteroatoms. The van der Waals surface area contributed by atoms with Crippen LogP contribution in [0.5, 0.6) is 0 Å². The molecule has 0 spiro atoms. The number of unbranched alkanes of at least 4 members (excludes halogenated alkanes) is 2. The Bertz CT molecular complexity index is 4310. The van der Waals surface area contributed by atoms with Gasteiger partial charge in [-0.2, -0.15) is 43.2 Å². The molecule has 5 heterocycles. The summed E-state index contributed by atoms with van der Waals surface area (Å²) in [6.07, 6.45) is 11.3. The van der Waals surface area contributed by atoms with Crippen LogP contribution in [0.1, 0.15) is 106 Å². The highest BCUT2D eigenvalue weighted by molar-refractivity contribution is 7.86. The Labute approximate surface area is 502 Å². The van der Waals surface area contributed by atoms with Gasteiger partial charge in [0.05, 0.1) is 45.1 Å². The molecule has 5 aromatic rings. The summed E-state index contributed by atoms with van der Waals surface area (Å²) in [6.45, 7) is 8.08. The van der Waals surface area contributed by atoms with Crippen molar-refractivity contribution in [1.29, 1.82) is 0 Å². The number of rotatable bonds is 22. The molecule has 1 aliphatic carbocycles. The summed E-state index contributed by atoms with van der Waals surface area (Å²) in [5.74, 6) is -2.85. The van der Waals surface area contributed by atoms with Crippen molar-refractivity contribution >= 4 is 92.2 Å². The first-order chi connectivity index (χ1) is 40.7. The van der Waals surface area contributed by atoms with Gasteiger partial charge in [0.2, 0.25) is 11.6 Å². The first-order valence-corrected chi connectivity index (χ1v) is 33.8. The number of amides is 1. The topological polar surface area (TPSA) is 403 Å². The molecular formula is C57H67N10O16S4+. The van der Waals surface area contributed by atoms with Gasteiger partial charge in [-0.05, 0) is 130 Å². The van der Waals surface area contributed by atoms with Gasteiger partial charge in [-0.25, -0.2) is 14.8 Å². The Morgan fingerprint density at radius 3 is 2.11 bits per heavy atom. The molecule has 9 rings (SSSR count). The van der Waals surface area contributed by atoms with Gasteiger partial charge in [-0.3, -0.25) is 32.8 Å². The largest absolute Gasteiger partial charge is 0.480 e. The van der Waals surface area contributed by atoms with Crippen LogP contribution < -0.4 is 26.8 Å². The molecule has 1 saturated heterocycles. The number of carboxylic acid groups (broad SMARTS) is 1. The Kier molecular flexibility index (Phi) is 17.9. The minimum absolute atomic E-state index is 0.00273. The lowest BCUT2D eigenvalue weighted by atomic mass is 9.81.